The number of nitro benzene ring substituents is 1. The van der Waals surface area contributed by atoms with E-state index in [1.807, 2.05) is 6.07 Å². The van der Waals surface area contributed by atoms with Gasteiger partial charge in [0.25, 0.3) is 5.69 Å². The molecule has 110 valence electrons. The highest BCUT2D eigenvalue weighted by Gasteiger charge is 2.18. The van der Waals surface area contributed by atoms with Crippen molar-refractivity contribution in [2.75, 3.05) is 11.9 Å². The number of anilines is 1. The average molecular weight is 327 g/mol. The third-order valence-electron chi connectivity index (χ3n) is 2.91. The highest BCUT2D eigenvalue weighted by atomic mass is 35.5. The fourth-order valence-corrected chi connectivity index (χ4v) is 2.15. The highest BCUT2D eigenvalue weighted by Crippen LogP contribution is 2.34. The Morgan fingerprint density at radius 1 is 1.19 bits per heavy atom. The molecule has 21 heavy (non-hydrogen) atoms. The van der Waals surface area contributed by atoms with Gasteiger partial charge in [0.15, 0.2) is 0 Å². The van der Waals surface area contributed by atoms with Crippen LogP contribution in [0.25, 0.3) is 0 Å². The standard InChI is InChI=1S/C14H12Cl2N2O3/c15-10-6-12(13(18(20)21)7-11(10)16)17-8-14(19)9-4-2-1-3-5-9/h1-7,14,17,19H,8H2. The predicted molar refractivity (Wildman–Crippen MR) is 83.0 cm³/mol. The zero-order valence-electron chi connectivity index (χ0n) is 10.8. The zero-order valence-corrected chi connectivity index (χ0v) is 12.3. The van der Waals surface area contributed by atoms with E-state index in [0.717, 1.165) is 0 Å². The first-order valence-corrected chi connectivity index (χ1v) is 6.85. The summed E-state index contributed by atoms with van der Waals surface area (Å²) in [4.78, 5) is 10.4. The van der Waals surface area contributed by atoms with Crippen LogP contribution in [-0.2, 0) is 0 Å². The number of benzene rings is 2. The topological polar surface area (TPSA) is 75.4 Å². The third-order valence-corrected chi connectivity index (χ3v) is 3.63. The molecule has 0 aliphatic heterocycles. The molecule has 0 aromatic heterocycles. The van der Waals surface area contributed by atoms with E-state index in [1.165, 1.54) is 12.1 Å². The minimum absolute atomic E-state index is 0.109. The van der Waals surface area contributed by atoms with E-state index in [1.54, 1.807) is 24.3 Å². The number of nitrogens with zero attached hydrogens (tertiary/aromatic N) is 1. The minimum atomic E-state index is -0.791. The van der Waals surface area contributed by atoms with E-state index in [0.29, 0.717) is 5.56 Å². The predicted octanol–water partition coefficient (Wildman–Crippen LogP) is 4.05. The first-order chi connectivity index (χ1) is 9.99. The Hall–Kier alpha value is -1.82. The summed E-state index contributed by atoms with van der Waals surface area (Å²) in [6.07, 6.45) is -0.791. The highest BCUT2D eigenvalue weighted by molar-refractivity contribution is 6.42. The number of nitro groups is 1. The van der Waals surface area contributed by atoms with Gasteiger partial charge >= 0.3 is 0 Å². The summed E-state index contributed by atoms with van der Waals surface area (Å²) >= 11 is 11.6. The molecule has 1 unspecified atom stereocenters. The lowest BCUT2D eigenvalue weighted by atomic mass is 10.1. The molecule has 0 bridgehead atoms. The number of nitrogens with one attached hydrogen (secondary N) is 1. The van der Waals surface area contributed by atoms with E-state index in [4.69, 9.17) is 23.2 Å². The van der Waals surface area contributed by atoms with Crippen molar-refractivity contribution in [3.8, 4) is 0 Å². The van der Waals surface area contributed by atoms with Gasteiger partial charge in [-0.05, 0) is 11.6 Å². The van der Waals surface area contributed by atoms with Crippen LogP contribution in [-0.4, -0.2) is 16.6 Å². The van der Waals surface area contributed by atoms with Crippen LogP contribution in [0.15, 0.2) is 42.5 Å². The molecule has 2 aromatic rings. The summed E-state index contributed by atoms with van der Waals surface area (Å²) in [5.74, 6) is 0. The quantitative estimate of drug-likeness (QED) is 0.642. The largest absolute Gasteiger partial charge is 0.387 e. The van der Waals surface area contributed by atoms with Crippen LogP contribution in [0.4, 0.5) is 11.4 Å². The molecule has 2 N–H and O–H groups in total. The Morgan fingerprint density at radius 2 is 1.81 bits per heavy atom. The van der Waals surface area contributed by atoms with Crippen LogP contribution >= 0.6 is 23.2 Å². The molecule has 5 nitrogen and oxygen atoms in total. The summed E-state index contributed by atoms with van der Waals surface area (Å²) in [6.45, 7) is 0.114. The average Bonchev–Trinajstić information content (AvgIpc) is 2.48. The maximum Gasteiger partial charge on any atom is 0.293 e. The van der Waals surface area contributed by atoms with Gasteiger partial charge in [0.05, 0.1) is 21.1 Å². The second-order valence-electron chi connectivity index (χ2n) is 4.35. The van der Waals surface area contributed by atoms with E-state index in [9.17, 15) is 15.2 Å². The van der Waals surface area contributed by atoms with Gasteiger partial charge in [0, 0.05) is 12.6 Å². The lowest BCUT2D eigenvalue weighted by molar-refractivity contribution is -0.383. The smallest absolute Gasteiger partial charge is 0.293 e. The molecule has 0 radical (unpaired) electrons. The molecule has 0 spiro atoms. The maximum absolute atomic E-state index is 11.0. The molecule has 1 atom stereocenters. The first-order valence-electron chi connectivity index (χ1n) is 6.09. The molecule has 2 aromatic carbocycles. The molecule has 0 saturated carbocycles. The second kappa shape index (κ2) is 6.76. The fraction of sp³-hybridized carbons (Fsp3) is 0.143. The monoisotopic (exact) mass is 326 g/mol. The normalized spacial score (nSPS) is 12.0. The van der Waals surface area contributed by atoms with Crippen LogP contribution in [0.3, 0.4) is 0 Å². The van der Waals surface area contributed by atoms with Crippen molar-refractivity contribution in [1.82, 2.24) is 0 Å². The van der Waals surface area contributed by atoms with E-state index in [2.05, 4.69) is 5.32 Å². The molecule has 0 heterocycles. The Labute approximate surface area is 131 Å². The second-order valence-corrected chi connectivity index (χ2v) is 5.16. The SMILES string of the molecule is O=[N+]([O-])c1cc(Cl)c(Cl)cc1NCC(O)c1ccccc1. The molecule has 2 rings (SSSR count). The zero-order chi connectivity index (χ0) is 15.4. The number of aliphatic hydroxyl groups is 1. The molecule has 0 aliphatic carbocycles. The molecular formula is C14H12Cl2N2O3. The summed E-state index contributed by atoms with van der Waals surface area (Å²) in [6, 6.07) is 11.6. The van der Waals surface area contributed by atoms with Crippen molar-refractivity contribution in [3.05, 3.63) is 68.2 Å². The Morgan fingerprint density at radius 3 is 2.43 bits per heavy atom. The van der Waals surface area contributed by atoms with Crippen LogP contribution in [0.2, 0.25) is 10.0 Å². The van der Waals surface area contributed by atoms with Gasteiger partial charge in [0.1, 0.15) is 5.69 Å². The number of hydrogen-bond donors (Lipinski definition) is 2. The molecule has 0 aliphatic rings. The van der Waals surface area contributed by atoms with Gasteiger partial charge in [-0.15, -0.1) is 0 Å². The number of hydrogen-bond acceptors (Lipinski definition) is 4. The van der Waals surface area contributed by atoms with Gasteiger partial charge in [-0.1, -0.05) is 53.5 Å². The van der Waals surface area contributed by atoms with Crippen LogP contribution < -0.4 is 5.32 Å². The Kier molecular flexibility index (Phi) is 5.01. The van der Waals surface area contributed by atoms with E-state index in [-0.39, 0.29) is 28.0 Å². The summed E-state index contributed by atoms with van der Waals surface area (Å²) in [5.41, 5.74) is 0.738. The van der Waals surface area contributed by atoms with Crippen molar-refractivity contribution < 1.29 is 10.0 Å². The first kappa shape index (κ1) is 15.6. The van der Waals surface area contributed by atoms with Crippen molar-refractivity contribution >= 4 is 34.6 Å². The van der Waals surface area contributed by atoms with Gasteiger partial charge in [-0.2, -0.15) is 0 Å². The maximum atomic E-state index is 11.0. The summed E-state index contributed by atoms with van der Waals surface area (Å²) in [7, 11) is 0. The lowest BCUT2D eigenvalue weighted by Gasteiger charge is -2.13. The van der Waals surface area contributed by atoms with E-state index >= 15 is 0 Å². The number of halogens is 2. The van der Waals surface area contributed by atoms with Crippen LogP contribution in [0.5, 0.6) is 0 Å². The summed E-state index contributed by atoms with van der Waals surface area (Å²) in [5, 5.41) is 24.2. The molecule has 0 fully saturated rings. The van der Waals surface area contributed by atoms with E-state index < -0.39 is 11.0 Å². The van der Waals surface area contributed by atoms with Crippen molar-refractivity contribution in [2.24, 2.45) is 0 Å². The Bertz CT molecular complexity index is 650. The van der Waals surface area contributed by atoms with Gasteiger partial charge in [-0.3, -0.25) is 10.1 Å². The third kappa shape index (κ3) is 3.85. The van der Waals surface area contributed by atoms with Crippen LogP contribution in [0.1, 0.15) is 11.7 Å². The van der Waals surface area contributed by atoms with Crippen molar-refractivity contribution in [1.29, 1.82) is 0 Å². The summed E-state index contributed by atoms with van der Waals surface area (Å²) < 4.78 is 0. The molecular weight excluding hydrogens is 315 g/mol. The van der Waals surface area contributed by atoms with Gasteiger partial charge < -0.3 is 10.4 Å². The Balaban J connectivity index is 2.16. The van der Waals surface area contributed by atoms with Crippen LogP contribution in [0, 0.1) is 10.1 Å². The number of aliphatic hydroxyl groups excluding tert-OH is 1. The molecule has 0 saturated heterocycles. The molecule has 0 amide bonds. The lowest BCUT2D eigenvalue weighted by Crippen LogP contribution is -2.13. The fourth-order valence-electron chi connectivity index (χ4n) is 1.83. The number of rotatable bonds is 5. The van der Waals surface area contributed by atoms with Gasteiger partial charge in [0.2, 0.25) is 0 Å². The molecule has 7 heteroatoms. The van der Waals surface area contributed by atoms with Crippen molar-refractivity contribution in [2.45, 2.75) is 6.10 Å². The van der Waals surface area contributed by atoms with Gasteiger partial charge in [-0.25, -0.2) is 0 Å². The minimum Gasteiger partial charge on any atom is -0.387 e. The van der Waals surface area contributed by atoms with Crippen molar-refractivity contribution in [3.63, 3.8) is 0 Å².